The number of nitrogens with zero attached hydrogens (tertiary/aromatic N) is 2. The van der Waals surface area contributed by atoms with Gasteiger partial charge < -0.3 is 5.11 Å². The van der Waals surface area contributed by atoms with Crippen LogP contribution in [-0.4, -0.2) is 14.9 Å². The van der Waals surface area contributed by atoms with E-state index in [2.05, 4.69) is 36.3 Å². The first-order chi connectivity index (χ1) is 15.0. The van der Waals surface area contributed by atoms with Crippen LogP contribution in [0.15, 0.2) is 66.4 Å². The molecule has 156 valence electrons. The van der Waals surface area contributed by atoms with Gasteiger partial charge in [-0.25, -0.2) is 9.07 Å². The van der Waals surface area contributed by atoms with Crippen molar-refractivity contribution in [3.05, 3.63) is 88.3 Å². The van der Waals surface area contributed by atoms with E-state index in [-0.39, 0.29) is 17.2 Å². The van der Waals surface area contributed by atoms with Crippen molar-refractivity contribution in [2.24, 2.45) is 11.3 Å². The maximum atomic E-state index is 13.4. The predicted octanol–water partition coefficient (Wildman–Crippen LogP) is 6.32. The number of fused-ring (bicyclic) bond motifs is 3. The summed E-state index contributed by atoms with van der Waals surface area (Å²) < 4.78 is 16.5. The second-order valence-corrected chi connectivity index (χ2v) is 10.1. The summed E-state index contributed by atoms with van der Waals surface area (Å²) in [6.07, 6.45) is 6.54. The van der Waals surface area contributed by atoms with Crippen LogP contribution in [0.5, 0.6) is 0 Å². The van der Waals surface area contributed by atoms with Crippen LogP contribution >= 0.6 is 11.3 Å². The van der Waals surface area contributed by atoms with Crippen molar-refractivity contribution >= 4 is 27.5 Å². The zero-order valence-corrected chi connectivity index (χ0v) is 18.1. The van der Waals surface area contributed by atoms with Gasteiger partial charge in [-0.05, 0) is 84.0 Å². The van der Waals surface area contributed by atoms with Gasteiger partial charge in [-0.3, -0.25) is 0 Å². The zero-order chi connectivity index (χ0) is 21.2. The van der Waals surface area contributed by atoms with Gasteiger partial charge in [0.25, 0.3) is 0 Å². The Kier molecular flexibility index (Phi) is 4.20. The summed E-state index contributed by atoms with van der Waals surface area (Å²) in [5, 5.41) is 17.2. The molecule has 2 heterocycles. The van der Waals surface area contributed by atoms with E-state index in [9.17, 15) is 9.50 Å². The van der Waals surface area contributed by atoms with Crippen LogP contribution in [-0.2, 0) is 6.42 Å². The van der Waals surface area contributed by atoms with Crippen LogP contribution in [0, 0.1) is 17.2 Å². The van der Waals surface area contributed by atoms with Crippen LogP contribution in [0.25, 0.3) is 21.8 Å². The maximum Gasteiger partial charge on any atom is 0.123 e. The summed E-state index contributed by atoms with van der Waals surface area (Å²) >= 11 is 1.70. The van der Waals surface area contributed by atoms with E-state index in [1.165, 1.54) is 33.4 Å². The Morgan fingerprint density at radius 2 is 2.00 bits per heavy atom. The number of benzene rings is 2. The third-order valence-corrected chi connectivity index (χ3v) is 8.41. The highest BCUT2D eigenvalue weighted by molar-refractivity contribution is 7.19. The molecule has 0 amide bonds. The van der Waals surface area contributed by atoms with Crippen molar-refractivity contribution in [3.8, 4) is 5.69 Å². The molecule has 6 rings (SSSR count). The number of rotatable bonds is 3. The molecule has 0 aliphatic heterocycles. The first kappa shape index (κ1) is 19.0. The molecule has 0 bridgehead atoms. The van der Waals surface area contributed by atoms with E-state index in [4.69, 9.17) is 0 Å². The molecule has 3 nitrogen and oxygen atoms in total. The molecule has 4 aromatic rings. The molecule has 1 N–H and O–H groups in total. The molecule has 2 aliphatic rings. The zero-order valence-electron chi connectivity index (χ0n) is 17.3. The molecule has 2 aliphatic carbocycles. The fraction of sp³-hybridized carbons (Fsp3) is 0.269. The van der Waals surface area contributed by atoms with Gasteiger partial charge in [0, 0.05) is 9.58 Å². The fourth-order valence-corrected chi connectivity index (χ4v) is 6.63. The van der Waals surface area contributed by atoms with Crippen molar-refractivity contribution in [2.45, 2.75) is 32.3 Å². The van der Waals surface area contributed by atoms with Gasteiger partial charge in [-0.1, -0.05) is 30.7 Å². The van der Waals surface area contributed by atoms with Gasteiger partial charge in [0.1, 0.15) is 5.82 Å². The Balaban J connectivity index is 1.35. The van der Waals surface area contributed by atoms with Gasteiger partial charge in [0.05, 0.1) is 23.7 Å². The second-order valence-electron chi connectivity index (χ2n) is 8.98. The lowest BCUT2D eigenvalue weighted by Gasteiger charge is -2.38. The lowest BCUT2D eigenvalue weighted by molar-refractivity contribution is 0.0583. The smallest absolute Gasteiger partial charge is 0.123 e. The summed E-state index contributed by atoms with van der Waals surface area (Å²) in [5.74, 6) is -0.0707. The number of aliphatic hydroxyl groups is 1. The Labute approximate surface area is 184 Å². The molecule has 2 aromatic heterocycles. The molecule has 5 heteroatoms. The van der Waals surface area contributed by atoms with Crippen LogP contribution in [0.1, 0.15) is 42.0 Å². The Morgan fingerprint density at radius 3 is 2.81 bits per heavy atom. The minimum Gasteiger partial charge on any atom is -0.387 e. The molecule has 31 heavy (non-hydrogen) atoms. The third-order valence-electron chi connectivity index (χ3n) is 7.22. The molecule has 0 radical (unpaired) electrons. The van der Waals surface area contributed by atoms with Gasteiger partial charge in [-0.2, -0.15) is 5.10 Å². The van der Waals surface area contributed by atoms with Crippen molar-refractivity contribution in [2.75, 3.05) is 0 Å². The predicted molar refractivity (Wildman–Crippen MR) is 123 cm³/mol. The Morgan fingerprint density at radius 1 is 1.19 bits per heavy atom. The van der Waals surface area contributed by atoms with E-state index in [0.29, 0.717) is 0 Å². The van der Waals surface area contributed by atoms with E-state index in [1.54, 1.807) is 23.5 Å². The lowest BCUT2D eigenvalue weighted by Crippen LogP contribution is -2.32. The van der Waals surface area contributed by atoms with Gasteiger partial charge >= 0.3 is 0 Å². The number of hydrogen-bond acceptors (Lipinski definition) is 3. The van der Waals surface area contributed by atoms with Crippen LogP contribution in [0.3, 0.4) is 0 Å². The molecule has 0 unspecified atom stereocenters. The SMILES string of the molecule is C[C@]12Cc3cnn(-c4ccc(F)cc4)c3C=C1CC[C@@H]2[C@@H](O)c1cc2ccccc2s1. The van der Waals surface area contributed by atoms with E-state index in [1.807, 2.05) is 23.0 Å². The number of aromatic nitrogens is 2. The maximum absolute atomic E-state index is 13.4. The number of allylic oxidation sites excluding steroid dienone is 1. The van der Waals surface area contributed by atoms with Crippen LogP contribution < -0.4 is 0 Å². The van der Waals surface area contributed by atoms with E-state index >= 15 is 0 Å². The number of hydrogen-bond donors (Lipinski definition) is 1. The molecule has 0 spiro atoms. The summed E-state index contributed by atoms with van der Waals surface area (Å²) in [5.41, 5.74) is 4.43. The van der Waals surface area contributed by atoms with Crippen molar-refractivity contribution < 1.29 is 9.50 Å². The van der Waals surface area contributed by atoms with Gasteiger partial charge in [-0.15, -0.1) is 11.3 Å². The van der Waals surface area contributed by atoms with Crippen molar-refractivity contribution in [1.29, 1.82) is 0 Å². The third kappa shape index (κ3) is 2.91. The highest BCUT2D eigenvalue weighted by Gasteiger charge is 2.48. The Hall–Kier alpha value is -2.76. The average molecular weight is 431 g/mol. The van der Waals surface area contributed by atoms with Crippen molar-refractivity contribution in [1.82, 2.24) is 9.78 Å². The highest BCUT2D eigenvalue weighted by atomic mass is 32.1. The molecular weight excluding hydrogens is 407 g/mol. The normalized spacial score (nSPS) is 23.5. The quantitative estimate of drug-likeness (QED) is 0.413. The van der Waals surface area contributed by atoms with Crippen LogP contribution in [0.4, 0.5) is 4.39 Å². The lowest BCUT2D eigenvalue weighted by atomic mass is 9.68. The highest BCUT2D eigenvalue weighted by Crippen LogP contribution is 2.57. The standard InChI is InChI=1S/C26H23FN2OS/c1-26-14-17-15-28-29(20-9-7-19(27)8-10-20)22(17)13-18(26)6-11-21(26)25(30)24-12-16-4-2-3-5-23(16)31-24/h2-5,7-10,12-13,15,21,25,30H,6,11,14H2,1H3/t21-,25-,26+/m1/s1. The van der Waals surface area contributed by atoms with E-state index in [0.717, 1.165) is 35.5 Å². The topological polar surface area (TPSA) is 38.0 Å². The minimum atomic E-state index is -0.470. The average Bonchev–Trinajstić information content (AvgIpc) is 3.46. The molecule has 2 aromatic carbocycles. The summed E-state index contributed by atoms with van der Waals surface area (Å²) in [6.45, 7) is 2.30. The Bertz CT molecular complexity index is 1290. The van der Waals surface area contributed by atoms with Crippen LogP contribution in [0.2, 0.25) is 0 Å². The van der Waals surface area contributed by atoms with Crippen molar-refractivity contribution in [3.63, 3.8) is 0 Å². The second kappa shape index (κ2) is 6.87. The summed E-state index contributed by atoms with van der Waals surface area (Å²) in [6, 6.07) is 16.9. The van der Waals surface area contributed by atoms with Gasteiger partial charge in [0.15, 0.2) is 0 Å². The molecular formula is C26H23FN2OS. The fourth-order valence-electron chi connectivity index (χ4n) is 5.52. The number of halogens is 1. The molecule has 0 saturated heterocycles. The largest absolute Gasteiger partial charge is 0.387 e. The van der Waals surface area contributed by atoms with E-state index < -0.39 is 6.10 Å². The number of thiophene rings is 1. The monoisotopic (exact) mass is 430 g/mol. The number of aliphatic hydroxyl groups excluding tert-OH is 1. The summed E-state index contributed by atoms with van der Waals surface area (Å²) in [4.78, 5) is 1.06. The first-order valence-electron chi connectivity index (χ1n) is 10.7. The molecule has 1 saturated carbocycles. The van der Waals surface area contributed by atoms with Gasteiger partial charge in [0.2, 0.25) is 0 Å². The minimum absolute atomic E-state index is 0.0841. The molecule has 3 atom stereocenters. The first-order valence-corrected chi connectivity index (χ1v) is 11.5. The molecule has 1 fully saturated rings. The summed E-state index contributed by atoms with van der Waals surface area (Å²) in [7, 11) is 0.